The molecule has 38 heavy (non-hydrogen) atoms. The van der Waals surface area contributed by atoms with E-state index in [1.54, 1.807) is 31.1 Å². The average molecular weight is 539 g/mol. The molecule has 0 spiro atoms. The number of hydrogen-bond acceptors (Lipinski definition) is 5. The Bertz CT molecular complexity index is 1320. The van der Waals surface area contributed by atoms with Gasteiger partial charge in [-0.15, -0.1) is 0 Å². The van der Waals surface area contributed by atoms with Crippen molar-refractivity contribution >= 4 is 40.2 Å². The van der Waals surface area contributed by atoms with Gasteiger partial charge in [0.2, 0.25) is 5.91 Å². The van der Waals surface area contributed by atoms with Crippen LogP contribution in [0.5, 0.6) is 6.01 Å². The summed E-state index contributed by atoms with van der Waals surface area (Å²) in [7, 11) is 3.59. The minimum atomic E-state index is -0.743. The molecule has 2 aromatic heterocycles. The number of imidazole rings is 1. The number of rotatable bonds is 8. The fourth-order valence-electron chi connectivity index (χ4n) is 5.10. The van der Waals surface area contributed by atoms with E-state index >= 15 is 0 Å². The number of hydrogen-bond donors (Lipinski definition) is 2. The number of pyridine rings is 1. The van der Waals surface area contributed by atoms with Crippen molar-refractivity contribution in [2.75, 3.05) is 14.1 Å². The van der Waals surface area contributed by atoms with E-state index in [1.165, 1.54) is 0 Å². The summed E-state index contributed by atoms with van der Waals surface area (Å²) in [6, 6.07) is 2.21. The number of H-pyrrole nitrogens is 1. The predicted octanol–water partition coefficient (Wildman–Crippen LogP) is 5.96. The molecular weight excluding hydrogens is 504 g/mol. The zero-order valence-electron chi connectivity index (χ0n) is 22.2. The van der Waals surface area contributed by atoms with Crippen LogP contribution >= 0.6 is 11.6 Å². The van der Waals surface area contributed by atoms with Crippen LogP contribution in [0.3, 0.4) is 0 Å². The van der Waals surface area contributed by atoms with E-state index in [-0.39, 0.29) is 23.8 Å². The van der Waals surface area contributed by atoms with Gasteiger partial charge in [-0.25, -0.2) is 4.98 Å². The first-order valence-corrected chi connectivity index (χ1v) is 13.4. The highest BCUT2D eigenvalue weighted by Crippen LogP contribution is 2.32. The first-order valence-electron chi connectivity index (χ1n) is 13.0. The molecule has 0 radical (unpaired) electrons. The third kappa shape index (κ3) is 6.35. The molecule has 0 saturated heterocycles. The van der Waals surface area contributed by atoms with Gasteiger partial charge in [-0.3, -0.25) is 9.59 Å². The molecule has 0 aromatic carbocycles. The van der Waals surface area contributed by atoms with Crippen molar-refractivity contribution in [2.24, 2.45) is 11.8 Å². The Hall–Kier alpha value is -3.39. The second kappa shape index (κ2) is 12.0. The first-order chi connectivity index (χ1) is 18.2. The molecule has 4 rings (SSSR count). The van der Waals surface area contributed by atoms with Crippen LogP contribution in [0.25, 0.3) is 16.7 Å². The van der Waals surface area contributed by atoms with Gasteiger partial charge in [-0.2, -0.15) is 4.98 Å². The van der Waals surface area contributed by atoms with E-state index in [4.69, 9.17) is 16.3 Å². The number of nitrogens with zero attached hydrogens (tertiary/aromatic N) is 3. The number of carboxylic acid groups (broad SMARTS) is 1. The van der Waals surface area contributed by atoms with E-state index in [0.29, 0.717) is 47.2 Å². The molecule has 9 heteroatoms. The molecule has 2 aliphatic rings. The predicted molar refractivity (Wildman–Crippen MR) is 149 cm³/mol. The van der Waals surface area contributed by atoms with Crippen LogP contribution in [-0.4, -0.2) is 57.0 Å². The first kappa shape index (κ1) is 27.6. The summed E-state index contributed by atoms with van der Waals surface area (Å²) in [6.07, 6.45) is 12.8. The number of nitrogens with one attached hydrogen (secondary N) is 1. The average Bonchev–Trinajstić information content (AvgIpc) is 3.29. The van der Waals surface area contributed by atoms with E-state index < -0.39 is 5.97 Å². The highest BCUT2D eigenvalue weighted by molar-refractivity contribution is 6.32. The quantitative estimate of drug-likeness (QED) is 0.401. The Balaban J connectivity index is 1.46. The third-order valence-corrected chi connectivity index (χ3v) is 7.67. The summed E-state index contributed by atoms with van der Waals surface area (Å²) >= 11 is 6.58. The van der Waals surface area contributed by atoms with Gasteiger partial charge in [0, 0.05) is 20.0 Å². The molecule has 2 aliphatic carbocycles. The minimum absolute atomic E-state index is 0.000630. The number of aliphatic carboxylic acids is 1. The van der Waals surface area contributed by atoms with Crippen LogP contribution in [0.1, 0.15) is 57.6 Å². The maximum Gasteiger partial charge on any atom is 0.306 e. The van der Waals surface area contributed by atoms with Crippen LogP contribution in [0.2, 0.25) is 5.02 Å². The molecule has 202 valence electrons. The number of halogens is 1. The third-order valence-electron chi connectivity index (χ3n) is 7.38. The highest BCUT2D eigenvalue weighted by Gasteiger charge is 2.29. The van der Waals surface area contributed by atoms with Crippen molar-refractivity contribution < 1.29 is 19.4 Å². The number of carbonyl (C=O) groups excluding carboxylic acids is 1. The molecule has 1 unspecified atom stereocenters. The van der Waals surface area contributed by atoms with Crippen LogP contribution in [0.15, 0.2) is 48.1 Å². The molecule has 1 atom stereocenters. The number of aromatic nitrogens is 3. The Morgan fingerprint density at radius 2 is 1.89 bits per heavy atom. The largest absolute Gasteiger partial charge is 0.481 e. The molecule has 2 heterocycles. The fraction of sp³-hybridized carbons (Fsp3) is 0.448. The van der Waals surface area contributed by atoms with Crippen molar-refractivity contribution in [3.8, 4) is 6.01 Å². The lowest BCUT2D eigenvalue weighted by molar-refractivity contribution is -0.142. The number of carbonyl (C=O) groups is 2. The number of carboxylic acids is 1. The smallest absolute Gasteiger partial charge is 0.306 e. The summed E-state index contributed by atoms with van der Waals surface area (Å²) < 4.78 is 6.10. The Morgan fingerprint density at radius 3 is 2.50 bits per heavy atom. The number of ether oxygens (including phenoxy) is 1. The summed E-state index contributed by atoms with van der Waals surface area (Å²) in [6.45, 7) is 5.86. The topological polar surface area (TPSA) is 108 Å². The molecule has 0 aliphatic heterocycles. The fourth-order valence-corrected chi connectivity index (χ4v) is 5.40. The lowest BCUT2D eigenvalue weighted by Crippen LogP contribution is -2.34. The van der Waals surface area contributed by atoms with Gasteiger partial charge in [0.25, 0.3) is 6.01 Å². The van der Waals surface area contributed by atoms with Crippen molar-refractivity contribution in [3.63, 3.8) is 0 Å². The summed E-state index contributed by atoms with van der Waals surface area (Å²) in [5.74, 6) is -0.821. The molecule has 8 nitrogen and oxygen atoms in total. The lowest BCUT2D eigenvalue weighted by Gasteiger charge is -2.28. The summed E-state index contributed by atoms with van der Waals surface area (Å²) in [5, 5.41) is 9.73. The van der Waals surface area contributed by atoms with Crippen LogP contribution in [0.4, 0.5) is 0 Å². The van der Waals surface area contributed by atoms with Crippen molar-refractivity contribution in [1.29, 1.82) is 0 Å². The van der Waals surface area contributed by atoms with Crippen molar-refractivity contribution in [1.82, 2.24) is 19.9 Å². The molecule has 1 amide bonds. The standard InChI is InChI=1S/C29H35ClN4O4/c1-5-18(19-8-10-21(11-9-19)28(36)37)7-6-17(2)25-23(30)16-24-26(32-25)33-29(31-24)38-22-14-12-20(13-15-22)27(35)34(3)4/h5-8,16,20-22H,1,9-15H2,2-4H3,(H,36,37)(H,31,32,33)/b17-6+,18-7+/t20-,21?,22-. The lowest BCUT2D eigenvalue weighted by atomic mass is 9.86. The Morgan fingerprint density at radius 1 is 1.16 bits per heavy atom. The minimum Gasteiger partial charge on any atom is -0.481 e. The van der Waals surface area contributed by atoms with E-state index in [0.717, 1.165) is 42.4 Å². The highest BCUT2D eigenvalue weighted by atomic mass is 35.5. The van der Waals surface area contributed by atoms with Gasteiger partial charge in [0.05, 0.1) is 22.2 Å². The van der Waals surface area contributed by atoms with Crippen molar-refractivity contribution in [3.05, 3.63) is 58.8 Å². The van der Waals surface area contributed by atoms with Gasteiger partial charge in [0.15, 0.2) is 5.65 Å². The number of fused-ring (bicyclic) bond motifs is 1. The molecule has 1 fully saturated rings. The van der Waals surface area contributed by atoms with Gasteiger partial charge in [0.1, 0.15) is 6.10 Å². The molecular formula is C29H35ClN4O4. The maximum atomic E-state index is 12.2. The van der Waals surface area contributed by atoms with Crippen LogP contribution in [0, 0.1) is 11.8 Å². The second-order valence-corrected chi connectivity index (χ2v) is 10.7. The normalized spacial score (nSPS) is 22.6. The zero-order valence-corrected chi connectivity index (χ0v) is 22.9. The summed E-state index contributed by atoms with van der Waals surface area (Å²) in [4.78, 5) is 37.5. The van der Waals surface area contributed by atoms with Crippen molar-refractivity contribution in [2.45, 2.75) is 58.0 Å². The van der Waals surface area contributed by atoms with Crippen LogP contribution in [-0.2, 0) is 9.59 Å². The van der Waals surface area contributed by atoms with Gasteiger partial charge < -0.3 is 19.7 Å². The maximum absolute atomic E-state index is 12.2. The number of aromatic amines is 1. The summed E-state index contributed by atoms with van der Waals surface area (Å²) in [5.41, 5.74) is 4.77. The SMILES string of the molecule is C=C/C(=C\C=C(/C)c1nc2nc(O[C@H]3CC[C@H](C(=O)N(C)C)CC3)[nH]c2cc1Cl)C1=CCC(C(=O)O)CC1. The monoisotopic (exact) mass is 538 g/mol. The number of amides is 1. The van der Waals surface area contributed by atoms with Gasteiger partial charge >= 0.3 is 5.97 Å². The Labute approximate surface area is 228 Å². The molecule has 1 saturated carbocycles. The Kier molecular flexibility index (Phi) is 8.72. The molecule has 0 bridgehead atoms. The van der Waals surface area contributed by atoms with E-state index in [1.807, 2.05) is 25.2 Å². The second-order valence-electron chi connectivity index (χ2n) is 10.3. The molecule has 2 N–H and O–H groups in total. The van der Waals surface area contributed by atoms with Crippen LogP contribution < -0.4 is 4.74 Å². The van der Waals surface area contributed by atoms with E-state index in [2.05, 4.69) is 21.5 Å². The van der Waals surface area contributed by atoms with Gasteiger partial charge in [-0.1, -0.05) is 42.5 Å². The zero-order chi connectivity index (χ0) is 27.4. The number of allylic oxidation sites excluding steroid dienone is 7. The van der Waals surface area contributed by atoms with E-state index in [9.17, 15) is 14.7 Å². The molecule has 2 aromatic rings. The van der Waals surface area contributed by atoms with Gasteiger partial charge in [-0.05, 0) is 74.7 Å².